The lowest BCUT2D eigenvalue weighted by Gasteiger charge is -2.13. The molecule has 0 saturated carbocycles. The monoisotopic (exact) mass is 332 g/mol. The highest BCUT2D eigenvalue weighted by molar-refractivity contribution is 6.03. The molecule has 0 aliphatic rings. The van der Waals surface area contributed by atoms with E-state index >= 15 is 0 Å². The Morgan fingerprint density at radius 3 is 2.40 bits per heavy atom. The van der Waals surface area contributed by atoms with Gasteiger partial charge in [0.1, 0.15) is 5.82 Å². The van der Waals surface area contributed by atoms with Crippen LogP contribution in [0, 0.1) is 0 Å². The van der Waals surface area contributed by atoms with E-state index in [1.807, 2.05) is 36.4 Å². The molecule has 5 nitrogen and oxygen atoms in total. The fraction of sp³-hybridized carbons (Fsp3) is 0.150. The zero-order valence-corrected chi connectivity index (χ0v) is 14.0. The van der Waals surface area contributed by atoms with Crippen molar-refractivity contribution in [3.05, 3.63) is 84.1 Å². The molecule has 0 aliphatic heterocycles. The molecule has 0 spiro atoms. The number of nitrogens with zero attached hydrogens (tertiary/aromatic N) is 2. The minimum Gasteiger partial charge on any atom is -0.354 e. The van der Waals surface area contributed by atoms with Crippen molar-refractivity contribution in [1.29, 1.82) is 0 Å². The van der Waals surface area contributed by atoms with E-state index < -0.39 is 0 Å². The lowest BCUT2D eigenvalue weighted by molar-refractivity contribution is 0.102. The second-order valence-corrected chi connectivity index (χ2v) is 5.78. The predicted molar refractivity (Wildman–Crippen MR) is 99.8 cm³/mol. The molecular formula is C20H20N4O. The molecule has 0 saturated heterocycles. The summed E-state index contributed by atoms with van der Waals surface area (Å²) in [4.78, 5) is 20.7. The number of benzene rings is 2. The van der Waals surface area contributed by atoms with Gasteiger partial charge in [0.05, 0.1) is 0 Å². The van der Waals surface area contributed by atoms with Crippen LogP contribution in [-0.4, -0.2) is 22.4 Å². The van der Waals surface area contributed by atoms with Gasteiger partial charge >= 0.3 is 0 Å². The third kappa shape index (κ3) is 4.64. The zero-order valence-electron chi connectivity index (χ0n) is 14.0. The molecule has 1 atom stereocenters. The number of hydrogen-bond donors (Lipinski definition) is 2. The Bertz CT molecular complexity index is 821. The van der Waals surface area contributed by atoms with Gasteiger partial charge in [-0.2, -0.15) is 4.98 Å². The molecule has 5 heteroatoms. The van der Waals surface area contributed by atoms with Gasteiger partial charge in [-0.25, -0.2) is 4.98 Å². The minimum absolute atomic E-state index is 0.192. The predicted octanol–water partition coefficient (Wildman–Crippen LogP) is 3.94. The molecule has 126 valence electrons. The second kappa shape index (κ2) is 8.06. The van der Waals surface area contributed by atoms with Gasteiger partial charge in [-0.1, -0.05) is 55.5 Å². The minimum atomic E-state index is -0.192. The Kier molecular flexibility index (Phi) is 5.36. The number of aromatic nitrogens is 2. The Morgan fingerprint density at radius 2 is 1.68 bits per heavy atom. The van der Waals surface area contributed by atoms with Crippen molar-refractivity contribution in [1.82, 2.24) is 9.97 Å². The molecule has 0 bridgehead atoms. The molecule has 3 aromatic rings. The molecule has 0 radical (unpaired) electrons. The standard InChI is InChI=1S/C20H20N4O/c1-15(16-8-4-2-5-9-16)14-22-20-21-13-12-18(24-20)23-19(25)17-10-6-3-7-11-17/h2-13,15H,14H2,1H3,(H2,21,22,23,24,25). The van der Waals surface area contributed by atoms with Crippen LogP contribution >= 0.6 is 0 Å². The van der Waals surface area contributed by atoms with E-state index in [2.05, 4.69) is 39.7 Å². The summed E-state index contributed by atoms with van der Waals surface area (Å²) < 4.78 is 0. The summed E-state index contributed by atoms with van der Waals surface area (Å²) in [5.74, 6) is 1.10. The largest absolute Gasteiger partial charge is 0.354 e. The van der Waals surface area contributed by atoms with Crippen LogP contribution in [-0.2, 0) is 0 Å². The van der Waals surface area contributed by atoms with Crippen LogP contribution in [0.2, 0.25) is 0 Å². The summed E-state index contributed by atoms with van der Waals surface area (Å²) in [7, 11) is 0. The maximum atomic E-state index is 12.2. The summed E-state index contributed by atoms with van der Waals surface area (Å²) in [5.41, 5.74) is 1.84. The first kappa shape index (κ1) is 16.6. The first-order valence-electron chi connectivity index (χ1n) is 8.20. The number of anilines is 2. The SMILES string of the molecule is CC(CNc1nccc(NC(=O)c2ccccc2)n1)c1ccccc1. The molecule has 1 amide bonds. The van der Waals surface area contributed by atoms with Crippen LogP contribution in [0.4, 0.5) is 11.8 Å². The van der Waals surface area contributed by atoms with E-state index in [1.54, 1.807) is 24.4 Å². The van der Waals surface area contributed by atoms with Gasteiger partial charge in [0.2, 0.25) is 5.95 Å². The van der Waals surface area contributed by atoms with Crippen molar-refractivity contribution in [2.45, 2.75) is 12.8 Å². The van der Waals surface area contributed by atoms with Crippen molar-refractivity contribution in [2.75, 3.05) is 17.2 Å². The van der Waals surface area contributed by atoms with Gasteiger partial charge in [0.25, 0.3) is 5.91 Å². The third-order valence-electron chi connectivity index (χ3n) is 3.87. The van der Waals surface area contributed by atoms with Crippen molar-refractivity contribution in [3.8, 4) is 0 Å². The van der Waals surface area contributed by atoms with Crippen molar-refractivity contribution >= 4 is 17.7 Å². The second-order valence-electron chi connectivity index (χ2n) is 5.78. The van der Waals surface area contributed by atoms with Crippen molar-refractivity contribution in [2.24, 2.45) is 0 Å². The summed E-state index contributed by atoms with van der Waals surface area (Å²) in [6.07, 6.45) is 1.63. The topological polar surface area (TPSA) is 66.9 Å². The van der Waals surface area contributed by atoms with Gasteiger partial charge in [-0.15, -0.1) is 0 Å². The molecule has 1 unspecified atom stereocenters. The van der Waals surface area contributed by atoms with Crippen LogP contribution in [0.15, 0.2) is 72.9 Å². The number of nitrogens with one attached hydrogen (secondary N) is 2. The highest BCUT2D eigenvalue weighted by atomic mass is 16.1. The quantitative estimate of drug-likeness (QED) is 0.717. The molecule has 1 heterocycles. The highest BCUT2D eigenvalue weighted by Gasteiger charge is 2.08. The fourth-order valence-electron chi connectivity index (χ4n) is 2.44. The lowest BCUT2D eigenvalue weighted by atomic mass is 10.0. The molecule has 1 aromatic heterocycles. The van der Waals surface area contributed by atoms with E-state index in [0.717, 1.165) is 0 Å². The molecule has 0 fully saturated rings. The number of rotatable bonds is 6. The van der Waals surface area contributed by atoms with E-state index in [9.17, 15) is 4.79 Å². The summed E-state index contributed by atoms with van der Waals surface area (Å²) in [6, 6.07) is 21.0. The number of hydrogen-bond acceptors (Lipinski definition) is 4. The van der Waals surface area contributed by atoms with E-state index in [4.69, 9.17) is 0 Å². The Hall–Kier alpha value is -3.21. The third-order valence-corrected chi connectivity index (χ3v) is 3.87. The van der Waals surface area contributed by atoms with Gasteiger partial charge in [-0.05, 0) is 29.7 Å². The first-order chi connectivity index (χ1) is 12.2. The Balaban J connectivity index is 1.61. The summed E-state index contributed by atoms with van der Waals surface area (Å²) in [6.45, 7) is 2.85. The normalized spacial score (nSPS) is 11.6. The maximum Gasteiger partial charge on any atom is 0.256 e. The number of carbonyl (C=O) groups excluding carboxylic acids is 1. The van der Waals surface area contributed by atoms with Crippen LogP contribution in [0.25, 0.3) is 0 Å². The smallest absolute Gasteiger partial charge is 0.256 e. The van der Waals surface area contributed by atoms with E-state index in [-0.39, 0.29) is 5.91 Å². The van der Waals surface area contributed by atoms with Crippen LogP contribution in [0.3, 0.4) is 0 Å². The first-order valence-corrected chi connectivity index (χ1v) is 8.20. The fourth-order valence-corrected chi connectivity index (χ4v) is 2.44. The number of carbonyl (C=O) groups is 1. The molecular weight excluding hydrogens is 312 g/mol. The molecule has 3 rings (SSSR count). The summed E-state index contributed by atoms with van der Waals surface area (Å²) in [5, 5.41) is 6.01. The van der Waals surface area contributed by atoms with Crippen LogP contribution in [0.1, 0.15) is 28.8 Å². The van der Waals surface area contributed by atoms with Crippen LogP contribution in [0.5, 0.6) is 0 Å². The summed E-state index contributed by atoms with van der Waals surface area (Å²) >= 11 is 0. The lowest BCUT2D eigenvalue weighted by Crippen LogP contribution is -2.15. The van der Waals surface area contributed by atoms with Crippen LogP contribution < -0.4 is 10.6 Å². The van der Waals surface area contributed by atoms with Gasteiger partial charge < -0.3 is 10.6 Å². The molecule has 0 aliphatic carbocycles. The Morgan fingerprint density at radius 1 is 1.00 bits per heavy atom. The van der Waals surface area contributed by atoms with Crippen molar-refractivity contribution < 1.29 is 4.79 Å². The maximum absolute atomic E-state index is 12.2. The van der Waals surface area contributed by atoms with E-state index in [0.29, 0.717) is 29.8 Å². The number of amides is 1. The molecule has 2 aromatic carbocycles. The highest BCUT2D eigenvalue weighted by Crippen LogP contribution is 2.15. The molecule has 2 N–H and O–H groups in total. The van der Waals surface area contributed by atoms with E-state index in [1.165, 1.54) is 5.56 Å². The zero-order chi connectivity index (χ0) is 17.5. The van der Waals surface area contributed by atoms with Gasteiger partial charge in [-0.3, -0.25) is 4.79 Å². The average Bonchev–Trinajstić information content (AvgIpc) is 2.68. The molecule has 25 heavy (non-hydrogen) atoms. The van der Waals surface area contributed by atoms with Gasteiger partial charge in [0, 0.05) is 18.3 Å². The Labute approximate surface area is 147 Å². The van der Waals surface area contributed by atoms with Crippen molar-refractivity contribution in [3.63, 3.8) is 0 Å². The van der Waals surface area contributed by atoms with Gasteiger partial charge in [0.15, 0.2) is 0 Å². The average molecular weight is 332 g/mol.